The summed E-state index contributed by atoms with van der Waals surface area (Å²) >= 11 is 5.00. The quantitative estimate of drug-likeness (QED) is 0.756. The van der Waals surface area contributed by atoms with E-state index in [1.165, 1.54) is 12.1 Å². The maximum atomic E-state index is 12.9. The van der Waals surface area contributed by atoms with E-state index in [0.29, 0.717) is 16.9 Å². The van der Waals surface area contributed by atoms with Gasteiger partial charge in [0.1, 0.15) is 11.6 Å². The number of halogens is 1. The third kappa shape index (κ3) is 3.86. The fraction of sp³-hybridized carbons (Fsp3) is 0.154. The molecule has 1 aromatic heterocycles. The fourth-order valence-electron chi connectivity index (χ4n) is 1.53. The van der Waals surface area contributed by atoms with E-state index in [0.717, 1.165) is 11.4 Å². The van der Waals surface area contributed by atoms with E-state index in [1.54, 1.807) is 25.2 Å². The normalized spacial score (nSPS) is 9.95. The summed E-state index contributed by atoms with van der Waals surface area (Å²) < 4.78 is 12.9. The summed E-state index contributed by atoms with van der Waals surface area (Å²) in [6, 6.07) is 7.82. The Hall–Kier alpha value is -2.28. The van der Waals surface area contributed by atoms with Gasteiger partial charge in [0.15, 0.2) is 5.11 Å². The van der Waals surface area contributed by atoms with Crippen LogP contribution in [0.2, 0.25) is 0 Å². The van der Waals surface area contributed by atoms with Gasteiger partial charge in [-0.3, -0.25) is 0 Å². The standard InChI is InChI=1S/C13H14FN5S/c1-8-7-11(17-10-5-3-9(14)4-6-10)18-12(16-8)19-13(20)15-2/h3-7H,1-2H3,(H3,15,16,17,18,19,20). The van der Waals surface area contributed by atoms with Crippen LogP contribution in [0.5, 0.6) is 0 Å². The smallest absolute Gasteiger partial charge is 0.231 e. The maximum absolute atomic E-state index is 12.9. The average molecular weight is 291 g/mol. The van der Waals surface area contributed by atoms with Crippen LogP contribution >= 0.6 is 12.2 Å². The number of aromatic nitrogens is 2. The first-order valence-electron chi connectivity index (χ1n) is 5.94. The number of aryl methyl sites for hydroxylation is 1. The molecule has 0 saturated heterocycles. The van der Waals surface area contributed by atoms with Gasteiger partial charge in [-0.2, -0.15) is 4.98 Å². The van der Waals surface area contributed by atoms with Crippen molar-refractivity contribution in [3.63, 3.8) is 0 Å². The van der Waals surface area contributed by atoms with Gasteiger partial charge in [0, 0.05) is 24.5 Å². The third-order valence-corrected chi connectivity index (χ3v) is 2.73. The molecule has 0 aliphatic rings. The lowest BCUT2D eigenvalue weighted by atomic mass is 10.3. The number of hydrogen-bond acceptors (Lipinski definition) is 4. The summed E-state index contributed by atoms with van der Waals surface area (Å²) in [5, 5.41) is 9.17. The highest BCUT2D eigenvalue weighted by atomic mass is 32.1. The van der Waals surface area contributed by atoms with Crippen LogP contribution in [0.1, 0.15) is 5.69 Å². The number of nitrogens with one attached hydrogen (secondary N) is 3. The van der Waals surface area contributed by atoms with Crippen LogP contribution in [0, 0.1) is 12.7 Å². The lowest BCUT2D eigenvalue weighted by Gasteiger charge is -2.10. The number of anilines is 3. The Balaban J connectivity index is 2.19. The van der Waals surface area contributed by atoms with Crippen molar-refractivity contribution >= 4 is 34.8 Å². The van der Waals surface area contributed by atoms with Crippen molar-refractivity contribution in [3.05, 3.63) is 41.8 Å². The molecule has 5 nitrogen and oxygen atoms in total. The molecule has 104 valence electrons. The van der Waals surface area contributed by atoms with Crippen LogP contribution in [0.25, 0.3) is 0 Å². The molecule has 0 spiro atoms. The molecule has 3 N–H and O–H groups in total. The molecule has 0 bridgehead atoms. The molecule has 0 unspecified atom stereocenters. The highest BCUT2D eigenvalue weighted by molar-refractivity contribution is 7.80. The van der Waals surface area contributed by atoms with Gasteiger partial charge in [0.05, 0.1) is 0 Å². The Labute approximate surface area is 121 Å². The number of hydrogen-bond donors (Lipinski definition) is 3. The predicted octanol–water partition coefficient (Wildman–Crippen LogP) is 2.58. The second kappa shape index (κ2) is 6.25. The molecule has 1 aromatic carbocycles. The fourth-order valence-corrected chi connectivity index (χ4v) is 1.62. The first kappa shape index (κ1) is 14.1. The number of benzene rings is 1. The van der Waals surface area contributed by atoms with Crippen LogP contribution in [-0.2, 0) is 0 Å². The van der Waals surface area contributed by atoms with Gasteiger partial charge in [-0.25, -0.2) is 9.37 Å². The highest BCUT2D eigenvalue weighted by Crippen LogP contribution is 2.17. The summed E-state index contributed by atoms with van der Waals surface area (Å²) in [4.78, 5) is 8.51. The van der Waals surface area contributed by atoms with E-state index in [1.807, 2.05) is 6.92 Å². The van der Waals surface area contributed by atoms with Crippen molar-refractivity contribution in [2.45, 2.75) is 6.92 Å². The Kier molecular flexibility index (Phi) is 4.41. The minimum absolute atomic E-state index is 0.281. The maximum Gasteiger partial charge on any atom is 0.231 e. The first-order valence-corrected chi connectivity index (χ1v) is 6.34. The predicted molar refractivity (Wildman–Crippen MR) is 81.7 cm³/mol. The lowest BCUT2D eigenvalue weighted by Crippen LogP contribution is -2.25. The molecule has 0 amide bonds. The molecule has 0 aliphatic heterocycles. The van der Waals surface area contributed by atoms with E-state index in [-0.39, 0.29) is 5.82 Å². The molecular weight excluding hydrogens is 277 g/mol. The van der Waals surface area contributed by atoms with E-state index in [4.69, 9.17) is 12.2 Å². The second-order valence-corrected chi connectivity index (χ2v) is 4.46. The molecule has 2 aromatic rings. The van der Waals surface area contributed by atoms with Crippen molar-refractivity contribution in [1.82, 2.24) is 15.3 Å². The Morgan fingerprint density at radius 1 is 1.20 bits per heavy atom. The molecule has 7 heteroatoms. The second-order valence-electron chi connectivity index (χ2n) is 4.05. The zero-order chi connectivity index (χ0) is 14.5. The molecule has 1 heterocycles. The molecule has 0 radical (unpaired) electrons. The molecule has 0 aliphatic carbocycles. The van der Waals surface area contributed by atoms with Gasteiger partial charge in [0.2, 0.25) is 5.95 Å². The Bertz CT molecular complexity index is 615. The molecule has 20 heavy (non-hydrogen) atoms. The molecule has 0 fully saturated rings. The average Bonchev–Trinajstić information content (AvgIpc) is 2.40. The van der Waals surface area contributed by atoms with Gasteiger partial charge in [-0.05, 0) is 43.4 Å². The van der Waals surface area contributed by atoms with Crippen molar-refractivity contribution in [2.75, 3.05) is 17.7 Å². The van der Waals surface area contributed by atoms with E-state index in [9.17, 15) is 4.39 Å². The van der Waals surface area contributed by atoms with Crippen molar-refractivity contribution < 1.29 is 4.39 Å². The van der Waals surface area contributed by atoms with Crippen molar-refractivity contribution in [2.24, 2.45) is 0 Å². The first-order chi connectivity index (χ1) is 9.56. The Morgan fingerprint density at radius 3 is 2.55 bits per heavy atom. The van der Waals surface area contributed by atoms with Crippen molar-refractivity contribution in [1.29, 1.82) is 0 Å². The van der Waals surface area contributed by atoms with Gasteiger partial charge in [-0.15, -0.1) is 0 Å². The largest absolute Gasteiger partial charge is 0.365 e. The number of thiocarbonyl (C=S) groups is 1. The van der Waals surface area contributed by atoms with E-state index < -0.39 is 0 Å². The van der Waals surface area contributed by atoms with Gasteiger partial charge >= 0.3 is 0 Å². The van der Waals surface area contributed by atoms with Crippen LogP contribution in [0.3, 0.4) is 0 Å². The summed E-state index contributed by atoms with van der Waals surface area (Å²) in [5.41, 5.74) is 1.53. The minimum Gasteiger partial charge on any atom is -0.365 e. The molecule has 0 saturated carbocycles. The number of rotatable bonds is 3. The minimum atomic E-state index is -0.281. The highest BCUT2D eigenvalue weighted by Gasteiger charge is 2.04. The molecule has 0 atom stereocenters. The van der Waals surface area contributed by atoms with Gasteiger partial charge < -0.3 is 16.0 Å². The third-order valence-electron chi connectivity index (χ3n) is 2.42. The van der Waals surface area contributed by atoms with Gasteiger partial charge in [-0.1, -0.05) is 0 Å². The van der Waals surface area contributed by atoms with E-state index >= 15 is 0 Å². The topological polar surface area (TPSA) is 61.9 Å². The van der Waals surface area contributed by atoms with Crippen molar-refractivity contribution in [3.8, 4) is 0 Å². The molecule has 2 rings (SSSR count). The summed E-state index contributed by atoms with van der Waals surface area (Å²) in [6.07, 6.45) is 0. The zero-order valence-electron chi connectivity index (χ0n) is 11.1. The van der Waals surface area contributed by atoms with Crippen LogP contribution in [0.4, 0.5) is 21.8 Å². The van der Waals surface area contributed by atoms with Crippen LogP contribution in [0.15, 0.2) is 30.3 Å². The monoisotopic (exact) mass is 291 g/mol. The summed E-state index contributed by atoms with van der Waals surface area (Å²) in [7, 11) is 1.71. The van der Waals surface area contributed by atoms with Gasteiger partial charge in [0.25, 0.3) is 0 Å². The van der Waals surface area contributed by atoms with Crippen LogP contribution in [-0.4, -0.2) is 22.1 Å². The van der Waals surface area contributed by atoms with Crippen LogP contribution < -0.4 is 16.0 Å². The lowest BCUT2D eigenvalue weighted by molar-refractivity contribution is 0.628. The summed E-state index contributed by atoms with van der Waals surface area (Å²) in [5.74, 6) is 0.718. The van der Waals surface area contributed by atoms with E-state index in [2.05, 4.69) is 25.9 Å². The zero-order valence-corrected chi connectivity index (χ0v) is 11.9. The Morgan fingerprint density at radius 2 is 1.90 bits per heavy atom. The summed E-state index contributed by atoms with van der Waals surface area (Å²) in [6.45, 7) is 1.85. The molecular formula is C13H14FN5S. The SMILES string of the molecule is CNC(=S)Nc1nc(C)cc(Nc2ccc(F)cc2)n1. The number of nitrogens with zero attached hydrogens (tertiary/aromatic N) is 2.